The average molecular weight is 468 g/mol. The van der Waals surface area contributed by atoms with Gasteiger partial charge >= 0.3 is 0 Å². The predicted molar refractivity (Wildman–Crippen MR) is 125 cm³/mol. The summed E-state index contributed by atoms with van der Waals surface area (Å²) in [6.07, 6.45) is 0.349. The smallest absolute Gasteiger partial charge is 0.293 e. The van der Waals surface area contributed by atoms with Crippen LogP contribution < -0.4 is 19.1 Å². The molecule has 8 heteroatoms. The fourth-order valence-corrected chi connectivity index (χ4v) is 4.60. The molecule has 0 aliphatic carbocycles. The summed E-state index contributed by atoms with van der Waals surface area (Å²) < 4.78 is 29.9. The third-order valence-corrected chi connectivity index (χ3v) is 6.22. The summed E-state index contributed by atoms with van der Waals surface area (Å²) in [6, 6.07) is 18.5. The predicted octanol–water partition coefficient (Wildman–Crippen LogP) is 5.23. The van der Waals surface area contributed by atoms with Gasteiger partial charge in [0.2, 0.25) is 5.91 Å². The van der Waals surface area contributed by atoms with E-state index in [9.17, 15) is 14.0 Å². The summed E-state index contributed by atoms with van der Waals surface area (Å²) in [5.74, 6) is 0.838. The summed E-state index contributed by atoms with van der Waals surface area (Å²) in [7, 11) is 3.02. The van der Waals surface area contributed by atoms with Crippen LogP contribution >= 0.6 is 11.8 Å². The number of amides is 2. The number of halogens is 1. The van der Waals surface area contributed by atoms with Crippen molar-refractivity contribution >= 4 is 28.6 Å². The second-order valence-corrected chi connectivity index (χ2v) is 8.48. The minimum Gasteiger partial charge on any atom is -0.495 e. The molecule has 0 saturated carbocycles. The van der Waals surface area contributed by atoms with Crippen molar-refractivity contribution in [3.63, 3.8) is 0 Å². The summed E-state index contributed by atoms with van der Waals surface area (Å²) in [5, 5.41) is -0.900. The second kappa shape index (κ2) is 9.95. The Kier molecular flexibility index (Phi) is 6.84. The highest BCUT2D eigenvalue weighted by Crippen LogP contribution is 2.38. The lowest BCUT2D eigenvalue weighted by molar-refractivity contribution is -0.117. The van der Waals surface area contributed by atoms with Crippen LogP contribution in [0.25, 0.3) is 0 Å². The number of nitrogens with zero attached hydrogens (tertiary/aromatic N) is 1. The van der Waals surface area contributed by atoms with Crippen LogP contribution in [0.5, 0.6) is 17.2 Å². The second-order valence-electron chi connectivity index (χ2n) is 7.33. The molecule has 2 amide bonds. The first-order chi connectivity index (χ1) is 16.0. The number of carbonyl (C=O) groups excluding carboxylic acids is 2. The van der Waals surface area contributed by atoms with E-state index in [1.165, 1.54) is 31.3 Å². The maximum absolute atomic E-state index is 13.4. The molecule has 1 aliphatic rings. The largest absolute Gasteiger partial charge is 0.495 e. The van der Waals surface area contributed by atoms with Crippen LogP contribution in [0.2, 0.25) is 0 Å². The molecule has 3 aromatic rings. The van der Waals surface area contributed by atoms with Gasteiger partial charge in [0, 0.05) is 0 Å². The SMILES string of the molecule is COc1cc(C[C@H]2SC(=O)N(c3ccccc3OC)C2=O)ccc1OCc1cccc(F)c1. The zero-order valence-electron chi connectivity index (χ0n) is 18.1. The van der Waals surface area contributed by atoms with Crippen molar-refractivity contribution in [2.24, 2.45) is 0 Å². The zero-order chi connectivity index (χ0) is 23.4. The molecule has 0 radical (unpaired) electrons. The number of rotatable bonds is 8. The molecule has 170 valence electrons. The molecule has 1 fully saturated rings. The van der Waals surface area contributed by atoms with E-state index in [0.717, 1.165) is 17.3 Å². The van der Waals surface area contributed by atoms with Gasteiger partial charge in [0.05, 0.1) is 25.2 Å². The maximum atomic E-state index is 13.4. The minimum absolute atomic E-state index is 0.187. The topological polar surface area (TPSA) is 65.1 Å². The van der Waals surface area contributed by atoms with E-state index in [-0.39, 0.29) is 23.6 Å². The molecule has 1 heterocycles. The van der Waals surface area contributed by atoms with Gasteiger partial charge in [-0.1, -0.05) is 42.1 Å². The van der Waals surface area contributed by atoms with E-state index in [0.29, 0.717) is 34.9 Å². The molecule has 0 unspecified atom stereocenters. The Labute approximate surface area is 195 Å². The molecule has 6 nitrogen and oxygen atoms in total. The zero-order valence-corrected chi connectivity index (χ0v) is 18.9. The van der Waals surface area contributed by atoms with Gasteiger partial charge in [-0.3, -0.25) is 9.59 Å². The molecule has 0 bridgehead atoms. The number of hydrogen-bond donors (Lipinski definition) is 0. The number of methoxy groups -OCH3 is 2. The van der Waals surface area contributed by atoms with Gasteiger partial charge in [-0.15, -0.1) is 0 Å². The van der Waals surface area contributed by atoms with E-state index in [1.54, 1.807) is 48.5 Å². The van der Waals surface area contributed by atoms with E-state index >= 15 is 0 Å². The molecule has 1 atom stereocenters. The van der Waals surface area contributed by atoms with Crippen LogP contribution in [0.1, 0.15) is 11.1 Å². The molecular formula is C25H22FNO5S. The molecule has 0 N–H and O–H groups in total. The first kappa shape index (κ1) is 22.7. The first-order valence-corrected chi connectivity index (χ1v) is 11.1. The Morgan fingerprint density at radius 3 is 2.42 bits per heavy atom. The molecular weight excluding hydrogens is 445 g/mol. The van der Waals surface area contributed by atoms with Crippen molar-refractivity contribution in [3.05, 3.63) is 83.7 Å². The van der Waals surface area contributed by atoms with Crippen LogP contribution in [0, 0.1) is 5.82 Å². The highest BCUT2D eigenvalue weighted by molar-refractivity contribution is 8.15. The van der Waals surface area contributed by atoms with Crippen molar-refractivity contribution < 1.29 is 28.2 Å². The number of thioether (sulfide) groups is 1. The van der Waals surface area contributed by atoms with E-state index in [1.807, 2.05) is 6.07 Å². The quantitative estimate of drug-likeness (QED) is 0.452. The number of para-hydroxylation sites is 2. The van der Waals surface area contributed by atoms with Crippen LogP contribution in [0.3, 0.4) is 0 Å². The number of imide groups is 1. The normalized spacial score (nSPS) is 15.6. The third kappa shape index (κ3) is 4.96. The molecule has 1 saturated heterocycles. The molecule has 33 heavy (non-hydrogen) atoms. The third-order valence-electron chi connectivity index (χ3n) is 5.18. The highest BCUT2D eigenvalue weighted by atomic mass is 32.2. The summed E-state index contributed by atoms with van der Waals surface area (Å²) in [4.78, 5) is 26.8. The summed E-state index contributed by atoms with van der Waals surface area (Å²) in [5.41, 5.74) is 1.96. The monoisotopic (exact) mass is 467 g/mol. The Morgan fingerprint density at radius 1 is 0.879 bits per heavy atom. The fraction of sp³-hybridized carbons (Fsp3) is 0.200. The first-order valence-electron chi connectivity index (χ1n) is 10.2. The Balaban J connectivity index is 1.47. The highest BCUT2D eigenvalue weighted by Gasteiger charge is 2.41. The molecule has 0 aromatic heterocycles. The van der Waals surface area contributed by atoms with Crippen LogP contribution in [0.15, 0.2) is 66.7 Å². The van der Waals surface area contributed by atoms with Crippen molar-refractivity contribution in [2.45, 2.75) is 18.3 Å². The molecule has 4 rings (SSSR count). The average Bonchev–Trinajstić information content (AvgIpc) is 3.10. The lowest BCUT2D eigenvalue weighted by atomic mass is 10.1. The molecule has 0 spiro atoms. The Hall–Kier alpha value is -3.52. The Morgan fingerprint density at radius 2 is 1.67 bits per heavy atom. The van der Waals surface area contributed by atoms with E-state index in [2.05, 4.69) is 0 Å². The van der Waals surface area contributed by atoms with Gasteiger partial charge in [0.1, 0.15) is 18.2 Å². The van der Waals surface area contributed by atoms with Gasteiger partial charge in [0.15, 0.2) is 11.5 Å². The lowest BCUT2D eigenvalue weighted by Gasteiger charge is -2.17. The standard InChI is InChI=1S/C25H22FNO5S/c1-30-20-9-4-3-8-19(20)27-24(28)23(33-25(27)29)14-16-10-11-21(22(13-16)31-2)32-15-17-6-5-7-18(26)12-17/h3-13,23H,14-15H2,1-2H3/t23-/m1/s1. The maximum Gasteiger partial charge on any atom is 0.293 e. The lowest BCUT2D eigenvalue weighted by Crippen LogP contribution is -2.32. The van der Waals surface area contributed by atoms with Gasteiger partial charge in [-0.2, -0.15) is 0 Å². The number of ether oxygens (including phenoxy) is 3. The Bertz CT molecular complexity index is 1180. The molecule has 3 aromatic carbocycles. The van der Waals surface area contributed by atoms with Gasteiger partial charge in [-0.25, -0.2) is 9.29 Å². The minimum atomic E-state index is -0.564. The van der Waals surface area contributed by atoms with Crippen molar-refractivity contribution in [2.75, 3.05) is 19.1 Å². The molecule has 1 aliphatic heterocycles. The number of carbonyl (C=O) groups is 2. The number of hydrogen-bond acceptors (Lipinski definition) is 6. The van der Waals surface area contributed by atoms with Crippen LogP contribution in [0.4, 0.5) is 14.9 Å². The van der Waals surface area contributed by atoms with Gasteiger partial charge in [-0.05, 0) is 53.9 Å². The number of benzene rings is 3. The van der Waals surface area contributed by atoms with Crippen LogP contribution in [-0.2, 0) is 17.8 Å². The van der Waals surface area contributed by atoms with E-state index < -0.39 is 5.25 Å². The van der Waals surface area contributed by atoms with Gasteiger partial charge in [0.25, 0.3) is 5.24 Å². The van der Waals surface area contributed by atoms with Crippen LogP contribution in [-0.4, -0.2) is 30.6 Å². The van der Waals surface area contributed by atoms with Crippen molar-refractivity contribution in [1.29, 1.82) is 0 Å². The van der Waals surface area contributed by atoms with Crippen molar-refractivity contribution in [1.82, 2.24) is 0 Å². The van der Waals surface area contributed by atoms with E-state index in [4.69, 9.17) is 14.2 Å². The number of anilines is 1. The van der Waals surface area contributed by atoms with Crippen molar-refractivity contribution in [3.8, 4) is 17.2 Å². The fourth-order valence-electron chi connectivity index (χ4n) is 3.58. The summed E-state index contributed by atoms with van der Waals surface area (Å²) in [6.45, 7) is 0.187. The summed E-state index contributed by atoms with van der Waals surface area (Å²) >= 11 is 0.991. The van der Waals surface area contributed by atoms with Gasteiger partial charge < -0.3 is 14.2 Å².